The van der Waals surface area contributed by atoms with E-state index < -0.39 is 0 Å². The monoisotopic (exact) mass is 230 g/mol. The van der Waals surface area contributed by atoms with Crippen LogP contribution in [0.5, 0.6) is 5.88 Å². The molecular formula is C12H14N4O. The van der Waals surface area contributed by atoms with Gasteiger partial charge >= 0.3 is 0 Å². The zero-order valence-electron chi connectivity index (χ0n) is 9.55. The summed E-state index contributed by atoms with van der Waals surface area (Å²) < 4.78 is 5.26. The summed E-state index contributed by atoms with van der Waals surface area (Å²) in [4.78, 5) is 8.28. The highest BCUT2D eigenvalue weighted by atomic mass is 16.5. The molecule has 0 radical (unpaired) electrons. The van der Waals surface area contributed by atoms with E-state index >= 15 is 0 Å². The molecule has 0 fully saturated rings. The lowest BCUT2D eigenvalue weighted by molar-refractivity contribution is 0.327. The molecule has 17 heavy (non-hydrogen) atoms. The van der Waals surface area contributed by atoms with Gasteiger partial charge < -0.3 is 15.8 Å². The second-order valence-electron chi connectivity index (χ2n) is 3.38. The molecule has 2 aromatic heterocycles. The summed E-state index contributed by atoms with van der Waals surface area (Å²) in [6.07, 6.45) is 3.36. The predicted octanol–water partition coefficient (Wildman–Crippen LogP) is 2.20. The van der Waals surface area contributed by atoms with E-state index in [-0.39, 0.29) is 0 Å². The average Bonchev–Trinajstić information content (AvgIpc) is 2.35. The van der Waals surface area contributed by atoms with Crippen molar-refractivity contribution < 1.29 is 4.74 Å². The van der Waals surface area contributed by atoms with Gasteiger partial charge in [0.2, 0.25) is 5.88 Å². The van der Waals surface area contributed by atoms with Crippen molar-refractivity contribution in [1.29, 1.82) is 0 Å². The number of nitrogens with zero attached hydrogens (tertiary/aromatic N) is 2. The van der Waals surface area contributed by atoms with Crippen molar-refractivity contribution in [2.75, 3.05) is 17.7 Å². The van der Waals surface area contributed by atoms with E-state index in [4.69, 9.17) is 10.5 Å². The van der Waals surface area contributed by atoms with Crippen molar-refractivity contribution in [2.45, 2.75) is 6.92 Å². The molecule has 0 saturated carbocycles. The Balaban J connectivity index is 2.11. The minimum atomic E-state index is 0.599. The molecule has 0 unspecified atom stereocenters. The van der Waals surface area contributed by atoms with Gasteiger partial charge in [0, 0.05) is 12.3 Å². The highest BCUT2D eigenvalue weighted by Crippen LogP contribution is 2.20. The first-order valence-corrected chi connectivity index (χ1v) is 5.36. The van der Waals surface area contributed by atoms with Crippen LogP contribution < -0.4 is 15.8 Å². The third-order valence-electron chi connectivity index (χ3n) is 2.13. The smallest absolute Gasteiger partial charge is 0.213 e. The van der Waals surface area contributed by atoms with Gasteiger partial charge in [-0.25, -0.2) is 9.97 Å². The number of nitrogens with two attached hydrogens (primary N) is 1. The number of nitrogens with one attached hydrogen (secondary N) is 1. The lowest BCUT2D eigenvalue weighted by Gasteiger charge is -2.08. The molecule has 2 heterocycles. The van der Waals surface area contributed by atoms with Crippen LogP contribution in [-0.4, -0.2) is 16.6 Å². The van der Waals surface area contributed by atoms with Gasteiger partial charge in [-0.05, 0) is 25.1 Å². The van der Waals surface area contributed by atoms with Crippen molar-refractivity contribution >= 4 is 17.2 Å². The van der Waals surface area contributed by atoms with E-state index in [2.05, 4.69) is 15.3 Å². The Kier molecular flexibility index (Phi) is 3.40. The molecule has 0 aliphatic heterocycles. The largest absolute Gasteiger partial charge is 0.478 e. The standard InChI is InChI=1S/C12H14N4O/c1-2-17-11-6-5-9(8-15-11)16-12-10(13)4-3-7-14-12/h3-8H,2,13H2,1H3,(H,14,16). The van der Waals surface area contributed by atoms with E-state index in [1.165, 1.54) is 0 Å². The molecule has 0 aromatic carbocycles. The first-order valence-electron chi connectivity index (χ1n) is 5.36. The second kappa shape index (κ2) is 5.16. The van der Waals surface area contributed by atoms with Crippen LogP contribution in [0.1, 0.15) is 6.92 Å². The fourth-order valence-electron chi connectivity index (χ4n) is 1.35. The molecule has 0 amide bonds. The molecule has 5 heteroatoms. The lowest BCUT2D eigenvalue weighted by Crippen LogP contribution is -1.99. The van der Waals surface area contributed by atoms with Gasteiger partial charge in [0.1, 0.15) is 0 Å². The molecule has 2 aromatic rings. The normalized spacial score (nSPS) is 9.94. The van der Waals surface area contributed by atoms with Gasteiger partial charge in [-0.2, -0.15) is 0 Å². The Labute approximate surface area is 99.7 Å². The van der Waals surface area contributed by atoms with E-state index in [1.54, 1.807) is 30.6 Å². The topological polar surface area (TPSA) is 73.1 Å². The van der Waals surface area contributed by atoms with Crippen molar-refractivity contribution in [3.05, 3.63) is 36.7 Å². The van der Waals surface area contributed by atoms with E-state index in [0.717, 1.165) is 5.69 Å². The first kappa shape index (κ1) is 11.2. The van der Waals surface area contributed by atoms with Crippen LogP contribution in [0.25, 0.3) is 0 Å². The van der Waals surface area contributed by atoms with Crippen LogP contribution in [0.2, 0.25) is 0 Å². The van der Waals surface area contributed by atoms with Gasteiger partial charge in [0.25, 0.3) is 0 Å². The number of hydrogen-bond acceptors (Lipinski definition) is 5. The molecule has 0 saturated heterocycles. The third-order valence-corrected chi connectivity index (χ3v) is 2.13. The summed E-state index contributed by atoms with van der Waals surface area (Å²) in [6, 6.07) is 7.24. The number of anilines is 3. The summed E-state index contributed by atoms with van der Waals surface area (Å²) in [6.45, 7) is 2.52. The van der Waals surface area contributed by atoms with Crippen molar-refractivity contribution in [1.82, 2.24) is 9.97 Å². The highest BCUT2D eigenvalue weighted by Gasteiger charge is 2.00. The zero-order chi connectivity index (χ0) is 12.1. The maximum Gasteiger partial charge on any atom is 0.213 e. The average molecular weight is 230 g/mol. The molecule has 3 N–H and O–H groups in total. The molecule has 0 aliphatic rings. The molecule has 0 atom stereocenters. The SMILES string of the molecule is CCOc1ccc(Nc2ncccc2N)cn1. The summed E-state index contributed by atoms with van der Waals surface area (Å²) in [5.74, 6) is 1.23. The maximum atomic E-state index is 5.78. The Morgan fingerprint density at radius 1 is 1.29 bits per heavy atom. The number of rotatable bonds is 4. The van der Waals surface area contributed by atoms with Gasteiger partial charge in [0.15, 0.2) is 5.82 Å². The van der Waals surface area contributed by atoms with Crippen LogP contribution in [0.15, 0.2) is 36.7 Å². The highest BCUT2D eigenvalue weighted by molar-refractivity contribution is 5.67. The summed E-state index contributed by atoms with van der Waals surface area (Å²) in [5.41, 5.74) is 7.19. The van der Waals surface area contributed by atoms with Gasteiger partial charge in [-0.1, -0.05) is 0 Å². The molecule has 0 bridgehead atoms. The maximum absolute atomic E-state index is 5.78. The van der Waals surface area contributed by atoms with Crippen LogP contribution in [0.3, 0.4) is 0 Å². The minimum Gasteiger partial charge on any atom is -0.478 e. The Morgan fingerprint density at radius 3 is 2.82 bits per heavy atom. The van der Waals surface area contributed by atoms with Crippen LogP contribution in [0, 0.1) is 0 Å². The van der Waals surface area contributed by atoms with Crippen molar-refractivity contribution in [3.8, 4) is 5.88 Å². The van der Waals surface area contributed by atoms with Gasteiger partial charge in [-0.3, -0.25) is 0 Å². The molecule has 5 nitrogen and oxygen atoms in total. The third kappa shape index (κ3) is 2.84. The van der Waals surface area contributed by atoms with Crippen molar-refractivity contribution in [2.24, 2.45) is 0 Å². The van der Waals surface area contributed by atoms with Gasteiger partial charge in [0.05, 0.1) is 24.2 Å². The number of pyridine rings is 2. The van der Waals surface area contributed by atoms with E-state index in [9.17, 15) is 0 Å². The quantitative estimate of drug-likeness (QED) is 0.842. The number of hydrogen-bond donors (Lipinski definition) is 2. The Morgan fingerprint density at radius 2 is 2.18 bits per heavy atom. The molecule has 2 rings (SSSR count). The fourth-order valence-corrected chi connectivity index (χ4v) is 1.35. The number of aromatic nitrogens is 2. The van der Waals surface area contributed by atoms with Crippen LogP contribution >= 0.6 is 0 Å². The van der Waals surface area contributed by atoms with Crippen LogP contribution in [-0.2, 0) is 0 Å². The predicted molar refractivity (Wildman–Crippen MR) is 67.3 cm³/mol. The molecule has 88 valence electrons. The van der Waals surface area contributed by atoms with Crippen molar-refractivity contribution in [3.63, 3.8) is 0 Å². The summed E-state index contributed by atoms with van der Waals surface area (Å²) in [5, 5.41) is 3.09. The number of ether oxygens (including phenoxy) is 1. The van der Waals surface area contributed by atoms with Crippen LogP contribution in [0.4, 0.5) is 17.2 Å². The zero-order valence-corrected chi connectivity index (χ0v) is 9.55. The molecular weight excluding hydrogens is 216 g/mol. The Hall–Kier alpha value is -2.30. The van der Waals surface area contributed by atoms with E-state index in [0.29, 0.717) is 24.0 Å². The first-order chi connectivity index (χ1) is 8.29. The number of nitrogen functional groups attached to an aromatic ring is 1. The molecule has 0 aliphatic carbocycles. The Bertz CT molecular complexity index is 484. The summed E-state index contributed by atoms with van der Waals surface area (Å²) in [7, 11) is 0. The summed E-state index contributed by atoms with van der Waals surface area (Å²) >= 11 is 0. The fraction of sp³-hybridized carbons (Fsp3) is 0.167. The second-order valence-corrected chi connectivity index (χ2v) is 3.38. The molecule has 0 spiro atoms. The van der Waals surface area contributed by atoms with Gasteiger partial charge in [-0.15, -0.1) is 0 Å². The van der Waals surface area contributed by atoms with E-state index in [1.807, 2.05) is 13.0 Å². The lowest BCUT2D eigenvalue weighted by atomic mass is 10.3. The minimum absolute atomic E-state index is 0.599.